The van der Waals surface area contributed by atoms with Crippen molar-refractivity contribution >= 4 is 44.2 Å². The molecule has 88 valence electrons. The molecule has 0 amide bonds. The molecule has 0 radical (unpaired) electrons. The molecule has 1 heterocycles. The van der Waals surface area contributed by atoms with Gasteiger partial charge in [0, 0.05) is 19.9 Å². The predicted molar refractivity (Wildman–Crippen MR) is 83.2 cm³/mol. The fourth-order valence-corrected chi connectivity index (χ4v) is 2.95. The molecule has 2 aromatic rings. The van der Waals surface area contributed by atoms with Crippen LogP contribution >= 0.6 is 38.5 Å². The first-order valence-corrected chi connectivity index (χ1v) is 7.13. The fraction of sp³-hybridized carbons (Fsp3) is 0.154. The van der Waals surface area contributed by atoms with Gasteiger partial charge in [0.05, 0.1) is 12.2 Å². The van der Waals surface area contributed by atoms with Crippen molar-refractivity contribution in [2.75, 3.05) is 5.32 Å². The van der Waals surface area contributed by atoms with Gasteiger partial charge in [-0.05, 0) is 75.3 Å². The number of nitrogens with one attached hydrogen (secondary N) is 1. The van der Waals surface area contributed by atoms with Crippen molar-refractivity contribution in [3.63, 3.8) is 0 Å². The maximum absolute atomic E-state index is 4.36. The first-order valence-electron chi connectivity index (χ1n) is 5.26. The van der Waals surface area contributed by atoms with E-state index in [9.17, 15) is 0 Å². The normalized spacial score (nSPS) is 10.3. The van der Waals surface area contributed by atoms with Crippen LogP contribution in [0, 0.1) is 10.5 Å². The molecule has 0 fully saturated rings. The lowest BCUT2D eigenvalue weighted by molar-refractivity contribution is 1.02. The summed E-state index contributed by atoms with van der Waals surface area (Å²) in [6.45, 7) is 2.82. The lowest BCUT2D eigenvalue weighted by Crippen LogP contribution is -2.03. The minimum atomic E-state index is 0.742. The number of nitrogens with zero attached hydrogens (tertiary/aromatic N) is 1. The second-order valence-electron chi connectivity index (χ2n) is 3.74. The number of hydrogen-bond acceptors (Lipinski definition) is 2. The van der Waals surface area contributed by atoms with Gasteiger partial charge < -0.3 is 5.32 Å². The van der Waals surface area contributed by atoms with E-state index in [1.165, 1.54) is 9.13 Å². The maximum atomic E-state index is 4.36. The minimum Gasteiger partial charge on any atom is -0.378 e. The van der Waals surface area contributed by atoms with E-state index < -0.39 is 0 Å². The fourth-order valence-electron chi connectivity index (χ4n) is 1.52. The highest BCUT2D eigenvalue weighted by atomic mass is 127. The SMILES string of the molecule is Cc1cccnc1CNc1ccc(I)cc1Br. The minimum absolute atomic E-state index is 0.742. The molecule has 0 spiro atoms. The predicted octanol–water partition coefficient (Wildman–Crippen LogP) is 4.37. The van der Waals surface area contributed by atoms with Crippen LogP contribution in [0.2, 0.25) is 0 Å². The van der Waals surface area contributed by atoms with Gasteiger partial charge in [-0.2, -0.15) is 0 Å². The van der Waals surface area contributed by atoms with Crippen molar-refractivity contribution in [2.24, 2.45) is 0 Å². The number of aromatic nitrogens is 1. The summed E-state index contributed by atoms with van der Waals surface area (Å²) in [7, 11) is 0. The molecule has 0 saturated carbocycles. The molecule has 0 unspecified atom stereocenters. The van der Waals surface area contributed by atoms with Gasteiger partial charge in [-0.3, -0.25) is 4.98 Å². The molecule has 17 heavy (non-hydrogen) atoms. The van der Waals surface area contributed by atoms with Gasteiger partial charge in [-0.15, -0.1) is 0 Å². The first-order chi connectivity index (χ1) is 8.16. The van der Waals surface area contributed by atoms with Crippen LogP contribution in [0.15, 0.2) is 41.0 Å². The molecule has 0 aliphatic heterocycles. The van der Waals surface area contributed by atoms with Gasteiger partial charge in [0.1, 0.15) is 0 Å². The Morgan fingerprint density at radius 1 is 1.35 bits per heavy atom. The zero-order chi connectivity index (χ0) is 12.3. The van der Waals surface area contributed by atoms with Crippen LogP contribution in [-0.4, -0.2) is 4.98 Å². The number of halogens is 2. The average Bonchev–Trinajstić information content (AvgIpc) is 2.30. The molecule has 0 atom stereocenters. The Morgan fingerprint density at radius 2 is 2.18 bits per heavy atom. The van der Waals surface area contributed by atoms with Gasteiger partial charge in [0.15, 0.2) is 0 Å². The van der Waals surface area contributed by atoms with E-state index in [1.54, 1.807) is 0 Å². The molecule has 0 aliphatic carbocycles. The van der Waals surface area contributed by atoms with Crippen LogP contribution in [0.25, 0.3) is 0 Å². The Hall–Kier alpha value is -0.620. The van der Waals surface area contributed by atoms with Gasteiger partial charge >= 0.3 is 0 Å². The lowest BCUT2D eigenvalue weighted by atomic mass is 10.2. The third kappa shape index (κ3) is 3.42. The molecule has 1 N–H and O–H groups in total. The summed E-state index contributed by atoms with van der Waals surface area (Å²) in [4.78, 5) is 4.36. The van der Waals surface area contributed by atoms with E-state index in [4.69, 9.17) is 0 Å². The third-order valence-corrected chi connectivity index (χ3v) is 3.82. The highest BCUT2D eigenvalue weighted by Gasteiger charge is 2.02. The quantitative estimate of drug-likeness (QED) is 0.771. The summed E-state index contributed by atoms with van der Waals surface area (Å²) < 4.78 is 2.30. The van der Waals surface area contributed by atoms with Crippen LogP contribution in [-0.2, 0) is 6.54 Å². The van der Waals surface area contributed by atoms with Crippen molar-refractivity contribution < 1.29 is 0 Å². The van der Waals surface area contributed by atoms with Gasteiger partial charge in [0.2, 0.25) is 0 Å². The topological polar surface area (TPSA) is 24.9 Å². The average molecular weight is 403 g/mol. The van der Waals surface area contributed by atoms with E-state index in [0.717, 1.165) is 22.4 Å². The summed E-state index contributed by atoms with van der Waals surface area (Å²) in [6, 6.07) is 10.3. The molecule has 1 aromatic heterocycles. The Bertz CT molecular complexity index is 529. The molecular weight excluding hydrogens is 391 g/mol. The molecule has 0 bridgehead atoms. The Kier molecular flexibility index (Phi) is 4.39. The number of rotatable bonds is 3. The van der Waals surface area contributed by atoms with E-state index in [1.807, 2.05) is 12.3 Å². The molecule has 2 nitrogen and oxygen atoms in total. The van der Waals surface area contributed by atoms with Gasteiger partial charge in [-0.1, -0.05) is 6.07 Å². The highest BCUT2D eigenvalue weighted by molar-refractivity contribution is 14.1. The number of anilines is 1. The molecular formula is C13H12BrIN2. The number of hydrogen-bond donors (Lipinski definition) is 1. The number of pyridine rings is 1. The van der Waals surface area contributed by atoms with E-state index >= 15 is 0 Å². The second-order valence-corrected chi connectivity index (χ2v) is 5.84. The Morgan fingerprint density at radius 3 is 2.88 bits per heavy atom. The molecule has 1 aromatic carbocycles. The van der Waals surface area contributed by atoms with E-state index in [-0.39, 0.29) is 0 Å². The molecule has 2 rings (SSSR count). The maximum Gasteiger partial charge on any atom is 0.0623 e. The van der Waals surface area contributed by atoms with E-state index in [2.05, 4.69) is 80.0 Å². The van der Waals surface area contributed by atoms with Crippen molar-refractivity contribution in [3.8, 4) is 0 Å². The lowest BCUT2D eigenvalue weighted by Gasteiger charge is -2.10. The number of benzene rings is 1. The summed E-state index contributed by atoms with van der Waals surface area (Å²) in [5.74, 6) is 0. The standard InChI is InChI=1S/C13H12BrIN2/c1-9-3-2-6-16-13(9)8-17-12-5-4-10(15)7-11(12)14/h2-7,17H,8H2,1H3. The van der Waals surface area contributed by atoms with Crippen molar-refractivity contribution in [3.05, 3.63) is 55.8 Å². The molecule has 0 aliphatic rings. The Labute approximate surface area is 123 Å². The zero-order valence-electron chi connectivity index (χ0n) is 9.37. The van der Waals surface area contributed by atoms with E-state index in [0.29, 0.717) is 0 Å². The van der Waals surface area contributed by atoms with Crippen LogP contribution in [0.3, 0.4) is 0 Å². The molecule has 0 saturated heterocycles. The van der Waals surface area contributed by atoms with Crippen molar-refractivity contribution in [2.45, 2.75) is 13.5 Å². The highest BCUT2D eigenvalue weighted by Crippen LogP contribution is 2.24. The summed E-state index contributed by atoms with van der Waals surface area (Å²) in [6.07, 6.45) is 1.83. The van der Waals surface area contributed by atoms with Crippen LogP contribution in [0.1, 0.15) is 11.3 Å². The number of aryl methyl sites for hydroxylation is 1. The summed E-state index contributed by atoms with van der Waals surface area (Å²) in [5.41, 5.74) is 3.38. The molecule has 4 heteroatoms. The third-order valence-electron chi connectivity index (χ3n) is 2.50. The van der Waals surface area contributed by atoms with Crippen LogP contribution in [0.4, 0.5) is 5.69 Å². The van der Waals surface area contributed by atoms with Gasteiger partial charge in [0.25, 0.3) is 0 Å². The summed E-state index contributed by atoms with van der Waals surface area (Å²) in [5, 5.41) is 3.38. The zero-order valence-corrected chi connectivity index (χ0v) is 13.1. The van der Waals surface area contributed by atoms with Gasteiger partial charge in [-0.25, -0.2) is 0 Å². The smallest absolute Gasteiger partial charge is 0.0623 e. The second kappa shape index (κ2) is 5.82. The van der Waals surface area contributed by atoms with Crippen molar-refractivity contribution in [1.82, 2.24) is 4.98 Å². The van der Waals surface area contributed by atoms with Crippen LogP contribution < -0.4 is 5.32 Å². The monoisotopic (exact) mass is 402 g/mol. The largest absolute Gasteiger partial charge is 0.378 e. The summed E-state index contributed by atoms with van der Waals surface area (Å²) >= 11 is 5.85. The first kappa shape index (κ1) is 12.8. The van der Waals surface area contributed by atoms with Crippen molar-refractivity contribution in [1.29, 1.82) is 0 Å². The Balaban J connectivity index is 2.10. The van der Waals surface area contributed by atoms with Crippen LogP contribution in [0.5, 0.6) is 0 Å².